The zero-order chi connectivity index (χ0) is 13.8. The molecule has 1 aromatic heterocycles. The number of amides is 1. The summed E-state index contributed by atoms with van der Waals surface area (Å²) < 4.78 is 0. The van der Waals surface area contributed by atoms with Gasteiger partial charge in [-0.3, -0.25) is 9.69 Å². The van der Waals surface area contributed by atoms with Crippen LogP contribution in [0.5, 0.6) is 0 Å². The van der Waals surface area contributed by atoms with E-state index < -0.39 is 0 Å². The number of imidazole rings is 1. The maximum atomic E-state index is 12.2. The Kier molecular flexibility index (Phi) is 4.55. The van der Waals surface area contributed by atoms with Gasteiger partial charge in [-0.05, 0) is 7.05 Å². The van der Waals surface area contributed by atoms with Gasteiger partial charge in [0.2, 0.25) is 5.91 Å². The van der Waals surface area contributed by atoms with Gasteiger partial charge in [-0.15, -0.1) is 0 Å². The highest BCUT2D eigenvalue weighted by Crippen LogP contribution is 2.12. The first-order valence-corrected chi connectivity index (χ1v) is 6.66. The van der Waals surface area contributed by atoms with Gasteiger partial charge in [0.25, 0.3) is 0 Å². The second kappa shape index (κ2) is 6.16. The Morgan fingerprint density at radius 3 is 2.89 bits per heavy atom. The topological polar surface area (TPSA) is 55.5 Å². The third-order valence-corrected chi connectivity index (χ3v) is 3.53. The van der Waals surface area contributed by atoms with Crippen LogP contribution in [-0.4, -0.2) is 77.9 Å². The van der Waals surface area contributed by atoms with Crippen molar-refractivity contribution in [1.29, 1.82) is 0 Å². The number of hydrogen-bond acceptors (Lipinski definition) is 4. The van der Waals surface area contributed by atoms with E-state index in [4.69, 9.17) is 0 Å². The van der Waals surface area contributed by atoms with Gasteiger partial charge in [-0.2, -0.15) is 0 Å². The summed E-state index contributed by atoms with van der Waals surface area (Å²) in [7, 11) is 5.72. The molecule has 1 amide bonds. The first-order valence-electron chi connectivity index (χ1n) is 6.66. The average molecular weight is 265 g/mol. The van der Waals surface area contributed by atoms with Gasteiger partial charge in [0.15, 0.2) is 0 Å². The third kappa shape index (κ3) is 3.78. The number of rotatable bonds is 3. The summed E-state index contributed by atoms with van der Waals surface area (Å²) in [6.07, 6.45) is 3.60. The normalized spacial score (nSPS) is 22.2. The molecule has 2 rings (SSSR count). The lowest BCUT2D eigenvalue weighted by Gasteiger charge is -2.24. The van der Waals surface area contributed by atoms with Crippen molar-refractivity contribution in [3.05, 3.63) is 18.2 Å². The number of carbonyl (C=O) groups excluding carboxylic acids is 1. The highest BCUT2D eigenvalue weighted by atomic mass is 16.2. The molecule has 1 aliphatic rings. The summed E-state index contributed by atoms with van der Waals surface area (Å²) in [5.74, 6) is 1.20. The van der Waals surface area contributed by atoms with E-state index in [1.54, 1.807) is 11.1 Å². The van der Waals surface area contributed by atoms with Crippen LogP contribution in [-0.2, 0) is 11.3 Å². The summed E-state index contributed by atoms with van der Waals surface area (Å²) >= 11 is 0. The molecule has 1 atom stereocenters. The molecule has 0 aromatic carbocycles. The third-order valence-electron chi connectivity index (χ3n) is 3.53. The van der Waals surface area contributed by atoms with E-state index in [1.165, 1.54) is 0 Å². The molecular weight excluding hydrogens is 242 g/mol. The molecule has 6 nitrogen and oxygen atoms in total. The standard InChI is InChI=1S/C13H23N5O/c1-16(2)13(19)11-8-17(3)6-7-18(9-11)10-12-14-4-5-15-12/h4-5,11H,6-10H2,1-3H3,(H,14,15)/t11-/m0/s1. The molecule has 19 heavy (non-hydrogen) atoms. The van der Waals surface area contributed by atoms with E-state index in [1.807, 2.05) is 20.3 Å². The van der Waals surface area contributed by atoms with E-state index in [9.17, 15) is 4.79 Å². The van der Waals surface area contributed by atoms with Gasteiger partial charge >= 0.3 is 0 Å². The van der Waals surface area contributed by atoms with Crippen molar-refractivity contribution in [1.82, 2.24) is 24.7 Å². The summed E-state index contributed by atoms with van der Waals surface area (Å²) in [5, 5.41) is 0. The van der Waals surface area contributed by atoms with Crippen molar-refractivity contribution >= 4 is 5.91 Å². The SMILES string of the molecule is CN1CCN(Cc2ncc[nH]2)C[C@@H](C(=O)N(C)C)C1. The van der Waals surface area contributed by atoms with Crippen LogP contribution in [0.2, 0.25) is 0 Å². The Morgan fingerprint density at radius 1 is 1.47 bits per heavy atom. The van der Waals surface area contributed by atoms with Crippen LogP contribution in [0, 0.1) is 5.92 Å². The van der Waals surface area contributed by atoms with Crippen molar-refractivity contribution in [3.63, 3.8) is 0 Å². The Balaban J connectivity index is 2.02. The zero-order valence-electron chi connectivity index (χ0n) is 12.0. The fraction of sp³-hybridized carbons (Fsp3) is 0.692. The van der Waals surface area contributed by atoms with E-state index in [0.29, 0.717) is 0 Å². The molecule has 0 spiro atoms. The molecule has 1 fully saturated rings. The average Bonchev–Trinajstić information content (AvgIpc) is 2.79. The molecule has 0 saturated carbocycles. The molecule has 1 saturated heterocycles. The number of carbonyl (C=O) groups is 1. The lowest BCUT2D eigenvalue weighted by atomic mass is 10.1. The Bertz CT molecular complexity index is 403. The molecule has 1 aromatic rings. The molecule has 6 heteroatoms. The molecule has 0 radical (unpaired) electrons. The molecule has 2 heterocycles. The van der Waals surface area contributed by atoms with Crippen LogP contribution in [0.1, 0.15) is 5.82 Å². The second-order valence-electron chi connectivity index (χ2n) is 5.46. The van der Waals surface area contributed by atoms with Gasteiger partial charge in [-0.1, -0.05) is 0 Å². The fourth-order valence-corrected chi connectivity index (χ4v) is 2.50. The quantitative estimate of drug-likeness (QED) is 0.826. The van der Waals surface area contributed by atoms with Crippen LogP contribution in [0.4, 0.5) is 0 Å². The van der Waals surface area contributed by atoms with Crippen molar-refractivity contribution in [2.24, 2.45) is 5.92 Å². The van der Waals surface area contributed by atoms with Gasteiger partial charge in [0.05, 0.1) is 12.5 Å². The Hall–Kier alpha value is -1.40. The van der Waals surface area contributed by atoms with Gasteiger partial charge in [0.1, 0.15) is 5.82 Å². The predicted molar refractivity (Wildman–Crippen MR) is 73.5 cm³/mol. The maximum Gasteiger partial charge on any atom is 0.227 e. The highest BCUT2D eigenvalue weighted by Gasteiger charge is 2.27. The first-order chi connectivity index (χ1) is 9.06. The first kappa shape index (κ1) is 14.0. The molecule has 0 unspecified atom stereocenters. The number of nitrogens with zero attached hydrogens (tertiary/aromatic N) is 4. The number of H-pyrrole nitrogens is 1. The smallest absolute Gasteiger partial charge is 0.227 e. The number of nitrogens with one attached hydrogen (secondary N) is 1. The molecule has 1 N–H and O–H groups in total. The Labute approximate surface area is 114 Å². The predicted octanol–water partition coefficient (Wildman–Crippen LogP) is -0.138. The van der Waals surface area contributed by atoms with Crippen molar-refractivity contribution in [3.8, 4) is 0 Å². The highest BCUT2D eigenvalue weighted by molar-refractivity contribution is 5.78. The lowest BCUT2D eigenvalue weighted by molar-refractivity contribution is -0.133. The minimum Gasteiger partial charge on any atom is -0.348 e. The molecule has 1 aliphatic heterocycles. The minimum absolute atomic E-state index is 0.0393. The number of hydrogen-bond donors (Lipinski definition) is 1. The Morgan fingerprint density at radius 2 is 2.26 bits per heavy atom. The lowest BCUT2D eigenvalue weighted by Crippen LogP contribution is -2.40. The van der Waals surface area contributed by atoms with Gasteiger partial charge < -0.3 is 14.8 Å². The zero-order valence-corrected chi connectivity index (χ0v) is 12.0. The van der Waals surface area contributed by atoms with Crippen LogP contribution in [0.3, 0.4) is 0 Å². The summed E-state index contributed by atoms with van der Waals surface area (Å²) in [4.78, 5) is 25.8. The van der Waals surface area contributed by atoms with E-state index in [2.05, 4.69) is 26.8 Å². The van der Waals surface area contributed by atoms with E-state index in [0.717, 1.165) is 38.5 Å². The second-order valence-corrected chi connectivity index (χ2v) is 5.46. The molecule has 0 bridgehead atoms. The summed E-state index contributed by atoms with van der Waals surface area (Å²) in [5.41, 5.74) is 0. The van der Waals surface area contributed by atoms with Crippen LogP contribution in [0.15, 0.2) is 12.4 Å². The van der Waals surface area contributed by atoms with Crippen molar-refractivity contribution in [2.45, 2.75) is 6.54 Å². The fourth-order valence-electron chi connectivity index (χ4n) is 2.50. The molecular formula is C13H23N5O. The van der Waals surface area contributed by atoms with Gasteiger partial charge in [-0.25, -0.2) is 4.98 Å². The largest absolute Gasteiger partial charge is 0.348 e. The maximum absolute atomic E-state index is 12.2. The van der Waals surface area contributed by atoms with Crippen molar-refractivity contribution < 1.29 is 4.79 Å². The van der Waals surface area contributed by atoms with Crippen LogP contribution >= 0.6 is 0 Å². The number of aromatic amines is 1. The van der Waals surface area contributed by atoms with Gasteiger partial charge in [0, 0.05) is 52.7 Å². The molecule has 0 aliphatic carbocycles. The minimum atomic E-state index is 0.0393. The van der Waals surface area contributed by atoms with Crippen molar-refractivity contribution in [2.75, 3.05) is 47.3 Å². The van der Waals surface area contributed by atoms with E-state index >= 15 is 0 Å². The number of aromatic nitrogens is 2. The summed E-state index contributed by atoms with van der Waals surface area (Å²) in [6, 6.07) is 0. The van der Waals surface area contributed by atoms with Crippen LogP contribution in [0.25, 0.3) is 0 Å². The summed E-state index contributed by atoms with van der Waals surface area (Å²) in [6.45, 7) is 4.35. The monoisotopic (exact) mass is 265 g/mol. The number of likely N-dealkylation sites (N-methyl/N-ethyl adjacent to an activating group) is 1. The van der Waals surface area contributed by atoms with E-state index in [-0.39, 0.29) is 11.8 Å². The van der Waals surface area contributed by atoms with Crippen LogP contribution < -0.4 is 0 Å². The molecule has 106 valence electrons.